The van der Waals surface area contributed by atoms with Crippen LogP contribution in [-0.4, -0.2) is 34.6 Å². The van der Waals surface area contributed by atoms with Crippen molar-refractivity contribution in [1.29, 1.82) is 0 Å². The van der Waals surface area contributed by atoms with E-state index in [4.69, 9.17) is 23.2 Å². The van der Waals surface area contributed by atoms with E-state index in [1.807, 2.05) is 36.4 Å². The van der Waals surface area contributed by atoms with Gasteiger partial charge in [-0.3, -0.25) is 9.59 Å². The van der Waals surface area contributed by atoms with E-state index in [1.54, 1.807) is 24.0 Å². The molecule has 0 unspecified atom stereocenters. The fourth-order valence-electron chi connectivity index (χ4n) is 3.55. The molecule has 0 aliphatic heterocycles. The number of amides is 2. The monoisotopic (exact) mass is 464 g/mol. The Kier molecular flexibility index (Phi) is 8.49. The summed E-state index contributed by atoms with van der Waals surface area (Å²) in [4.78, 5) is 28.6. The van der Waals surface area contributed by atoms with Gasteiger partial charge in [0, 0.05) is 17.5 Å². The van der Waals surface area contributed by atoms with Gasteiger partial charge in [0.15, 0.2) is 0 Å². The Bertz CT molecular complexity index is 873. The second-order valence-corrected chi connectivity index (χ2v) is 9.40. The summed E-state index contributed by atoms with van der Waals surface area (Å²) in [6.45, 7) is 2.08. The first-order valence-corrected chi connectivity index (χ1v) is 11.9. The molecule has 2 aromatic carbocycles. The van der Waals surface area contributed by atoms with Crippen molar-refractivity contribution >= 4 is 46.8 Å². The molecule has 160 valence electrons. The van der Waals surface area contributed by atoms with Crippen LogP contribution in [0.2, 0.25) is 10.0 Å². The molecule has 0 saturated heterocycles. The zero-order valence-electron chi connectivity index (χ0n) is 16.9. The second kappa shape index (κ2) is 11.1. The summed E-state index contributed by atoms with van der Waals surface area (Å²) >= 11 is 13.6. The normalized spacial score (nSPS) is 15.0. The maximum Gasteiger partial charge on any atom is 0.242 e. The molecule has 0 aromatic heterocycles. The Hall–Kier alpha value is -1.69. The highest BCUT2D eigenvalue weighted by Crippen LogP contribution is 2.25. The van der Waals surface area contributed by atoms with Crippen LogP contribution < -0.4 is 5.32 Å². The molecule has 1 aliphatic rings. The van der Waals surface area contributed by atoms with Crippen LogP contribution in [0.1, 0.15) is 38.2 Å². The standard InChI is InChI=1S/C23H26Cl2N2O2S/c1-16(23(29)26-18-7-5-6-8-18)27(14-17-11-12-20(24)21(25)13-17)22(28)15-30-19-9-3-2-4-10-19/h2-4,9-13,16,18H,5-8,14-15H2,1H3,(H,26,29)/t16-/m0/s1. The Labute approximate surface area is 192 Å². The molecule has 1 fully saturated rings. The van der Waals surface area contributed by atoms with Crippen LogP contribution in [0.25, 0.3) is 0 Å². The van der Waals surface area contributed by atoms with Gasteiger partial charge in [-0.05, 0) is 49.6 Å². The molecule has 0 bridgehead atoms. The molecule has 4 nitrogen and oxygen atoms in total. The van der Waals surface area contributed by atoms with Gasteiger partial charge < -0.3 is 10.2 Å². The number of carbonyl (C=O) groups excluding carboxylic acids is 2. The summed E-state index contributed by atoms with van der Waals surface area (Å²) in [5.41, 5.74) is 0.836. The summed E-state index contributed by atoms with van der Waals surface area (Å²) in [5, 5.41) is 4.00. The van der Waals surface area contributed by atoms with Crippen LogP contribution in [0.3, 0.4) is 0 Å². The van der Waals surface area contributed by atoms with E-state index < -0.39 is 6.04 Å². The Morgan fingerprint density at radius 1 is 1.10 bits per heavy atom. The quantitative estimate of drug-likeness (QED) is 0.520. The van der Waals surface area contributed by atoms with E-state index in [0.29, 0.717) is 16.6 Å². The Morgan fingerprint density at radius 3 is 2.47 bits per heavy atom. The first-order valence-electron chi connectivity index (χ1n) is 10.2. The third-order valence-corrected chi connectivity index (χ3v) is 7.05. The first kappa shape index (κ1) is 23.0. The van der Waals surface area contributed by atoms with E-state index in [-0.39, 0.29) is 23.6 Å². The minimum atomic E-state index is -0.580. The summed E-state index contributed by atoms with van der Waals surface area (Å²) in [5.74, 6) is 0.0517. The van der Waals surface area contributed by atoms with Gasteiger partial charge in [-0.25, -0.2) is 0 Å². The molecule has 1 atom stereocenters. The van der Waals surface area contributed by atoms with Crippen LogP contribution in [0.4, 0.5) is 0 Å². The number of halogens is 2. The van der Waals surface area contributed by atoms with Crippen LogP contribution in [-0.2, 0) is 16.1 Å². The zero-order chi connectivity index (χ0) is 21.5. The predicted octanol–water partition coefficient (Wildman–Crippen LogP) is 5.56. The van der Waals surface area contributed by atoms with Crippen molar-refractivity contribution in [3.05, 3.63) is 64.1 Å². The van der Waals surface area contributed by atoms with E-state index in [2.05, 4.69) is 5.32 Å². The maximum absolute atomic E-state index is 13.1. The molecule has 0 heterocycles. The van der Waals surface area contributed by atoms with Crippen LogP contribution in [0.15, 0.2) is 53.4 Å². The molecule has 2 amide bonds. The van der Waals surface area contributed by atoms with Gasteiger partial charge in [0.1, 0.15) is 6.04 Å². The summed E-state index contributed by atoms with van der Waals surface area (Å²) < 4.78 is 0. The first-order chi connectivity index (χ1) is 14.4. The van der Waals surface area contributed by atoms with Gasteiger partial charge in [0.05, 0.1) is 15.8 Å². The SMILES string of the molecule is C[C@@H](C(=O)NC1CCCC1)N(Cc1ccc(Cl)c(Cl)c1)C(=O)CSc1ccccc1. The number of nitrogens with one attached hydrogen (secondary N) is 1. The van der Waals surface area contributed by atoms with Crippen molar-refractivity contribution in [3.63, 3.8) is 0 Å². The topological polar surface area (TPSA) is 49.4 Å². The van der Waals surface area contributed by atoms with Crippen molar-refractivity contribution in [2.24, 2.45) is 0 Å². The third-order valence-electron chi connectivity index (χ3n) is 5.31. The van der Waals surface area contributed by atoms with E-state index in [1.165, 1.54) is 11.8 Å². The summed E-state index contributed by atoms with van der Waals surface area (Å²) in [6.07, 6.45) is 4.28. The van der Waals surface area contributed by atoms with E-state index in [0.717, 1.165) is 36.1 Å². The second-order valence-electron chi connectivity index (χ2n) is 7.54. The summed E-state index contributed by atoms with van der Waals surface area (Å²) in [7, 11) is 0. The molecule has 3 rings (SSSR count). The maximum atomic E-state index is 13.1. The number of benzene rings is 2. The van der Waals surface area contributed by atoms with E-state index in [9.17, 15) is 9.59 Å². The lowest BCUT2D eigenvalue weighted by Crippen LogP contribution is -2.50. The summed E-state index contributed by atoms with van der Waals surface area (Å²) in [6, 6.07) is 14.7. The van der Waals surface area contributed by atoms with Gasteiger partial charge in [0.2, 0.25) is 11.8 Å². The fraction of sp³-hybridized carbons (Fsp3) is 0.391. The number of carbonyl (C=O) groups is 2. The van der Waals surface area contributed by atoms with Crippen molar-refractivity contribution in [2.75, 3.05) is 5.75 Å². The van der Waals surface area contributed by atoms with Crippen molar-refractivity contribution in [1.82, 2.24) is 10.2 Å². The lowest BCUT2D eigenvalue weighted by molar-refractivity contribution is -0.138. The number of nitrogens with zero attached hydrogens (tertiary/aromatic N) is 1. The minimum Gasteiger partial charge on any atom is -0.352 e. The number of thioether (sulfide) groups is 1. The highest BCUT2D eigenvalue weighted by Gasteiger charge is 2.28. The molecule has 0 radical (unpaired) electrons. The van der Waals surface area contributed by atoms with Crippen molar-refractivity contribution < 1.29 is 9.59 Å². The molecule has 30 heavy (non-hydrogen) atoms. The molecule has 7 heteroatoms. The molecule has 1 saturated carbocycles. The predicted molar refractivity (Wildman–Crippen MR) is 124 cm³/mol. The number of hydrogen-bond donors (Lipinski definition) is 1. The van der Waals surface area contributed by atoms with Gasteiger partial charge in [-0.15, -0.1) is 11.8 Å². The Morgan fingerprint density at radius 2 is 1.80 bits per heavy atom. The van der Waals surface area contributed by atoms with Crippen LogP contribution >= 0.6 is 35.0 Å². The molecule has 1 N–H and O–H groups in total. The lowest BCUT2D eigenvalue weighted by atomic mass is 10.1. The average Bonchev–Trinajstić information content (AvgIpc) is 3.26. The zero-order valence-corrected chi connectivity index (χ0v) is 19.3. The number of hydrogen-bond acceptors (Lipinski definition) is 3. The van der Waals surface area contributed by atoms with Crippen molar-refractivity contribution in [3.8, 4) is 0 Å². The highest BCUT2D eigenvalue weighted by atomic mass is 35.5. The van der Waals surface area contributed by atoms with Gasteiger partial charge >= 0.3 is 0 Å². The molecular weight excluding hydrogens is 439 g/mol. The van der Waals surface area contributed by atoms with Crippen LogP contribution in [0.5, 0.6) is 0 Å². The molecule has 1 aliphatic carbocycles. The lowest BCUT2D eigenvalue weighted by Gasteiger charge is -2.29. The van der Waals surface area contributed by atoms with Gasteiger partial charge in [-0.1, -0.05) is 60.3 Å². The molecular formula is C23H26Cl2N2O2S. The van der Waals surface area contributed by atoms with E-state index >= 15 is 0 Å². The van der Waals surface area contributed by atoms with Crippen LogP contribution in [0, 0.1) is 0 Å². The average molecular weight is 465 g/mol. The highest BCUT2D eigenvalue weighted by molar-refractivity contribution is 8.00. The van der Waals surface area contributed by atoms with Crippen molar-refractivity contribution in [2.45, 2.75) is 56.1 Å². The molecule has 2 aromatic rings. The third kappa shape index (κ3) is 6.40. The fourth-order valence-corrected chi connectivity index (χ4v) is 4.68. The van der Waals surface area contributed by atoms with Gasteiger partial charge in [-0.2, -0.15) is 0 Å². The smallest absolute Gasteiger partial charge is 0.242 e. The Balaban J connectivity index is 1.72. The minimum absolute atomic E-state index is 0.0935. The largest absolute Gasteiger partial charge is 0.352 e. The molecule has 0 spiro atoms. The van der Waals surface area contributed by atoms with Gasteiger partial charge in [0.25, 0.3) is 0 Å². The number of rotatable bonds is 8.